The summed E-state index contributed by atoms with van der Waals surface area (Å²) in [5, 5.41) is 7.09. The highest BCUT2D eigenvalue weighted by atomic mass is 19.3. The third-order valence-corrected chi connectivity index (χ3v) is 1.95. The third-order valence-electron chi connectivity index (χ3n) is 1.95. The average Bonchev–Trinajstić information content (AvgIpc) is 2.46. The molecule has 1 aromatic rings. The number of aromatic nitrogens is 3. The van der Waals surface area contributed by atoms with Gasteiger partial charge in [-0.05, 0) is 0 Å². The fraction of sp³-hybridized carbons (Fsp3) is 0.571. The number of likely N-dealkylation sites (tertiary alicyclic amines) is 1. The van der Waals surface area contributed by atoms with Crippen molar-refractivity contribution in [2.45, 2.75) is 5.92 Å². The van der Waals surface area contributed by atoms with Crippen molar-refractivity contribution in [1.29, 1.82) is 0 Å². The van der Waals surface area contributed by atoms with Crippen LogP contribution >= 0.6 is 0 Å². The first-order valence-electron chi connectivity index (χ1n) is 4.01. The van der Waals surface area contributed by atoms with E-state index in [2.05, 4.69) is 10.3 Å². The standard InChI is InChI=1S/C7H8F2N4O/c1-12-2-5(10-11-12)6(14)13-3-7(8,9)4-13/h2H,3-4H2,1H3. The van der Waals surface area contributed by atoms with Crippen molar-refractivity contribution < 1.29 is 13.6 Å². The first kappa shape index (κ1) is 9.04. The lowest BCUT2D eigenvalue weighted by Gasteiger charge is -2.38. The normalized spacial score (nSPS) is 19.2. The quantitative estimate of drug-likeness (QED) is 0.639. The molecule has 76 valence electrons. The monoisotopic (exact) mass is 202 g/mol. The number of hydrogen-bond donors (Lipinski definition) is 0. The Kier molecular flexibility index (Phi) is 1.76. The van der Waals surface area contributed by atoms with E-state index in [4.69, 9.17) is 0 Å². The van der Waals surface area contributed by atoms with Gasteiger partial charge in [0.1, 0.15) is 0 Å². The molecule has 0 atom stereocenters. The fourth-order valence-corrected chi connectivity index (χ4v) is 1.26. The number of rotatable bonds is 1. The number of alkyl halides is 2. The third kappa shape index (κ3) is 1.45. The van der Waals surface area contributed by atoms with Gasteiger partial charge in [-0.2, -0.15) is 0 Å². The Hall–Kier alpha value is -1.53. The van der Waals surface area contributed by atoms with Crippen molar-refractivity contribution in [2.75, 3.05) is 13.1 Å². The van der Waals surface area contributed by atoms with E-state index in [1.54, 1.807) is 7.05 Å². The van der Waals surface area contributed by atoms with Gasteiger partial charge >= 0.3 is 0 Å². The summed E-state index contributed by atoms with van der Waals surface area (Å²) in [6.45, 7) is -1.05. The zero-order valence-electron chi connectivity index (χ0n) is 7.44. The Bertz CT molecular complexity index is 368. The van der Waals surface area contributed by atoms with Crippen LogP contribution in [-0.4, -0.2) is 44.8 Å². The van der Waals surface area contributed by atoms with Crippen LogP contribution < -0.4 is 0 Å². The molecule has 1 amide bonds. The topological polar surface area (TPSA) is 51.0 Å². The highest BCUT2D eigenvalue weighted by Crippen LogP contribution is 2.27. The molecule has 0 saturated carbocycles. The zero-order chi connectivity index (χ0) is 10.3. The molecule has 1 aromatic heterocycles. The fourth-order valence-electron chi connectivity index (χ4n) is 1.26. The first-order chi connectivity index (χ1) is 6.48. The molecule has 0 aromatic carbocycles. The van der Waals surface area contributed by atoms with Gasteiger partial charge in [0, 0.05) is 7.05 Å². The Morgan fingerprint density at radius 3 is 2.64 bits per heavy atom. The molecule has 0 N–H and O–H groups in total. The number of carbonyl (C=O) groups excluding carboxylic acids is 1. The van der Waals surface area contributed by atoms with Crippen LogP contribution in [0.5, 0.6) is 0 Å². The second kappa shape index (κ2) is 2.73. The van der Waals surface area contributed by atoms with Gasteiger partial charge in [0.15, 0.2) is 5.69 Å². The summed E-state index contributed by atoms with van der Waals surface area (Å²) >= 11 is 0. The first-order valence-corrected chi connectivity index (χ1v) is 4.01. The lowest BCUT2D eigenvalue weighted by atomic mass is 10.1. The number of nitrogens with zero attached hydrogens (tertiary/aromatic N) is 4. The molecule has 5 nitrogen and oxygen atoms in total. The van der Waals surface area contributed by atoms with E-state index in [0.29, 0.717) is 0 Å². The molecule has 1 aliphatic rings. The molecule has 0 spiro atoms. The summed E-state index contributed by atoms with van der Waals surface area (Å²) < 4.78 is 26.2. The van der Waals surface area contributed by atoms with Gasteiger partial charge in [-0.15, -0.1) is 5.10 Å². The van der Waals surface area contributed by atoms with E-state index in [1.165, 1.54) is 10.9 Å². The molecule has 0 radical (unpaired) electrons. The minimum absolute atomic E-state index is 0.100. The summed E-state index contributed by atoms with van der Waals surface area (Å²) in [5.41, 5.74) is 0.100. The predicted molar refractivity (Wildman–Crippen MR) is 41.9 cm³/mol. The van der Waals surface area contributed by atoms with Gasteiger partial charge in [0.25, 0.3) is 11.8 Å². The van der Waals surface area contributed by atoms with E-state index in [0.717, 1.165) is 4.90 Å². The molecule has 0 unspecified atom stereocenters. The number of amides is 1. The molecular formula is C7H8F2N4O. The van der Waals surface area contributed by atoms with Crippen molar-refractivity contribution in [3.8, 4) is 0 Å². The van der Waals surface area contributed by atoms with E-state index in [-0.39, 0.29) is 5.69 Å². The second-order valence-corrected chi connectivity index (χ2v) is 3.29. The maximum atomic E-state index is 12.4. The Morgan fingerprint density at radius 2 is 2.21 bits per heavy atom. The van der Waals surface area contributed by atoms with Gasteiger partial charge < -0.3 is 4.90 Å². The van der Waals surface area contributed by atoms with Crippen LogP contribution in [0.25, 0.3) is 0 Å². The number of hydrogen-bond acceptors (Lipinski definition) is 3. The molecule has 1 fully saturated rings. The van der Waals surface area contributed by atoms with E-state index >= 15 is 0 Å². The van der Waals surface area contributed by atoms with E-state index in [9.17, 15) is 13.6 Å². The van der Waals surface area contributed by atoms with Crippen molar-refractivity contribution in [3.63, 3.8) is 0 Å². The molecule has 1 saturated heterocycles. The molecule has 7 heteroatoms. The molecule has 14 heavy (non-hydrogen) atoms. The van der Waals surface area contributed by atoms with Crippen molar-refractivity contribution in [1.82, 2.24) is 19.9 Å². The predicted octanol–water partition coefficient (Wildman–Crippen LogP) is -0.0938. The van der Waals surface area contributed by atoms with E-state index in [1.807, 2.05) is 0 Å². The Morgan fingerprint density at radius 1 is 1.57 bits per heavy atom. The van der Waals surface area contributed by atoms with Crippen LogP contribution in [0.2, 0.25) is 0 Å². The lowest BCUT2D eigenvalue weighted by molar-refractivity contribution is -0.113. The largest absolute Gasteiger partial charge is 0.325 e. The van der Waals surface area contributed by atoms with Crippen LogP contribution in [-0.2, 0) is 7.05 Å². The summed E-state index contributed by atoms with van der Waals surface area (Å²) in [7, 11) is 1.61. The van der Waals surface area contributed by atoms with Gasteiger partial charge in [-0.25, -0.2) is 8.78 Å². The maximum absolute atomic E-state index is 12.4. The summed E-state index contributed by atoms with van der Waals surface area (Å²) in [6, 6.07) is 0. The number of carbonyl (C=O) groups is 1. The molecule has 1 aliphatic heterocycles. The van der Waals surface area contributed by atoms with Gasteiger partial charge in [-0.1, -0.05) is 5.21 Å². The molecule has 0 aliphatic carbocycles. The van der Waals surface area contributed by atoms with Crippen LogP contribution in [0, 0.1) is 0 Å². The SMILES string of the molecule is Cn1cc(C(=O)N2CC(F)(F)C2)nn1. The van der Waals surface area contributed by atoms with Crippen LogP contribution in [0.3, 0.4) is 0 Å². The Labute approximate surface area is 78.3 Å². The lowest BCUT2D eigenvalue weighted by Crippen LogP contribution is -2.58. The van der Waals surface area contributed by atoms with Crippen LogP contribution in [0.1, 0.15) is 10.5 Å². The van der Waals surface area contributed by atoms with Crippen LogP contribution in [0.4, 0.5) is 8.78 Å². The van der Waals surface area contributed by atoms with Crippen LogP contribution in [0.15, 0.2) is 6.20 Å². The second-order valence-electron chi connectivity index (χ2n) is 3.29. The highest BCUT2D eigenvalue weighted by molar-refractivity contribution is 5.92. The molecule has 2 rings (SSSR count). The van der Waals surface area contributed by atoms with Gasteiger partial charge in [0.2, 0.25) is 0 Å². The van der Waals surface area contributed by atoms with Gasteiger partial charge in [-0.3, -0.25) is 9.48 Å². The van der Waals surface area contributed by atoms with Crippen molar-refractivity contribution in [2.24, 2.45) is 7.05 Å². The number of aryl methyl sites for hydroxylation is 1. The summed E-state index contributed by atoms with van der Waals surface area (Å²) in [4.78, 5) is 12.5. The van der Waals surface area contributed by atoms with Crippen molar-refractivity contribution in [3.05, 3.63) is 11.9 Å². The zero-order valence-corrected chi connectivity index (χ0v) is 7.44. The Balaban J connectivity index is 2.04. The summed E-state index contributed by atoms with van der Waals surface area (Å²) in [6.07, 6.45) is 1.40. The highest BCUT2D eigenvalue weighted by Gasteiger charge is 2.46. The minimum atomic E-state index is -2.74. The molecule has 0 bridgehead atoms. The molecule has 2 heterocycles. The van der Waals surface area contributed by atoms with E-state index < -0.39 is 24.9 Å². The van der Waals surface area contributed by atoms with Crippen molar-refractivity contribution >= 4 is 5.91 Å². The summed E-state index contributed by atoms with van der Waals surface area (Å²) in [5.74, 6) is -3.23. The van der Waals surface area contributed by atoms with Gasteiger partial charge in [0.05, 0.1) is 19.3 Å². The molecular weight excluding hydrogens is 194 g/mol. The number of halogens is 2. The maximum Gasteiger partial charge on any atom is 0.282 e. The minimum Gasteiger partial charge on any atom is -0.325 e. The smallest absolute Gasteiger partial charge is 0.282 e. The average molecular weight is 202 g/mol.